The lowest BCUT2D eigenvalue weighted by atomic mass is 10.2. The van der Waals surface area contributed by atoms with Crippen LogP contribution in [0.1, 0.15) is 12.5 Å². The average molecular weight is 322 g/mol. The molecule has 0 atom stereocenters. The predicted molar refractivity (Wildman–Crippen MR) is 94.9 cm³/mol. The summed E-state index contributed by atoms with van der Waals surface area (Å²) in [7, 11) is 0. The normalized spacial score (nSPS) is 10.4. The number of anilines is 3. The number of benzene rings is 2. The SMILES string of the molecule is CCN(c1ccccc1)c1ccnc(NCc2ccccc2F)n1. The van der Waals surface area contributed by atoms with Crippen molar-refractivity contribution in [1.82, 2.24) is 9.97 Å². The Balaban J connectivity index is 1.77. The van der Waals surface area contributed by atoms with Crippen molar-refractivity contribution in [2.75, 3.05) is 16.8 Å². The Labute approximate surface area is 141 Å². The Hall–Kier alpha value is -2.95. The minimum Gasteiger partial charge on any atom is -0.350 e. The van der Waals surface area contributed by atoms with Gasteiger partial charge >= 0.3 is 0 Å². The Bertz CT molecular complexity index is 792. The Morgan fingerprint density at radius 3 is 2.50 bits per heavy atom. The fourth-order valence-electron chi connectivity index (χ4n) is 2.49. The van der Waals surface area contributed by atoms with E-state index in [2.05, 4.69) is 27.1 Å². The van der Waals surface area contributed by atoms with Crippen molar-refractivity contribution in [1.29, 1.82) is 0 Å². The lowest BCUT2D eigenvalue weighted by Gasteiger charge is -2.22. The molecular formula is C19H19FN4. The van der Waals surface area contributed by atoms with Gasteiger partial charge in [0, 0.05) is 30.5 Å². The smallest absolute Gasteiger partial charge is 0.224 e. The van der Waals surface area contributed by atoms with E-state index in [0.717, 1.165) is 18.1 Å². The third-order valence-corrected chi connectivity index (χ3v) is 3.70. The first-order chi connectivity index (χ1) is 11.8. The molecule has 24 heavy (non-hydrogen) atoms. The monoisotopic (exact) mass is 322 g/mol. The highest BCUT2D eigenvalue weighted by atomic mass is 19.1. The third-order valence-electron chi connectivity index (χ3n) is 3.70. The molecule has 1 aromatic heterocycles. The standard InChI is InChI=1S/C19H19FN4/c1-2-24(16-9-4-3-5-10-16)18-12-13-21-19(23-18)22-14-15-8-6-7-11-17(15)20/h3-13H,2,14H2,1H3,(H,21,22,23). The molecule has 122 valence electrons. The van der Waals surface area contributed by atoms with E-state index in [1.807, 2.05) is 42.5 Å². The molecule has 1 heterocycles. The molecule has 0 aliphatic heterocycles. The first-order valence-corrected chi connectivity index (χ1v) is 7.91. The molecule has 0 bridgehead atoms. The molecule has 2 aromatic carbocycles. The summed E-state index contributed by atoms with van der Waals surface area (Å²) in [6.07, 6.45) is 1.71. The van der Waals surface area contributed by atoms with E-state index < -0.39 is 0 Å². The van der Waals surface area contributed by atoms with Crippen LogP contribution in [0, 0.1) is 5.82 Å². The Kier molecular flexibility index (Phi) is 5.01. The van der Waals surface area contributed by atoms with Gasteiger partial charge in [0.05, 0.1) is 0 Å². The van der Waals surface area contributed by atoms with Crippen molar-refractivity contribution in [3.05, 3.63) is 78.2 Å². The van der Waals surface area contributed by atoms with E-state index in [1.54, 1.807) is 18.3 Å². The van der Waals surface area contributed by atoms with Crippen LogP contribution in [0.25, 0.3) is 0 Å². The molecule has 0 unspecified atom stereocenters. The molecule has 1 N–H and O–H groups in total. The number of halogens is 1. The average Bonchev–Trinajstić information content (AvgIpc) is 2.63. The molecule has 0 aliphatic carbocycles. The summed E-state index contributed by atoms with van der Waals surface area (Å²) >= 11 is 0. The molecule has 5 heteroatoms. The van der Waals surface area contributed by atoms with Gasteiger partial charge in [-0.1, -0.05) is 36.4 Å². The molecule has 0 aliphatic rings. The second kappa shape index (κ2) is 7.55. The van der Waals surface area contributed by atoms with Gasteiger partial charge in [-0.25, -0.2) is 9.37 Å². The molecule has 0 amide bonds. The lowest BCUT2D eigenvalue weighted by Crippen LogP contribution is -2.18. The maximum Gasteiger partial charge on any atom is 0.224 e. The molecular weight excluding hydrogens is 303 g/mol. The molecule has 0 fully saturated rings. The van der Waals surface area contributed by atoms with Crippen LogP contribution in [0.5, 0.6) is 0 Å². The van der Waals surface area contributed by atoms with E-state index in [4.69, 9.17) is 0 Å². The number of hydrogen-bond acceptors (Lipinski definition) is 4. The molecule has 0 saturated heterocycles. The first kappa shape index (κ1) is 15.9. The fraction of sp³-hybridized carbons (Fsp3) is 0.158. The number of aromatic nitrogens is 2. The predicted octanol–water partition coefficient (Wildman–Crippen LogP) is 4.39. The van der Waals surface area contributed by atoms with Gasteiger partial charge in [-0.2, -0.15) is 4.98 Å². The summed E-state index contributed by atoms with van der Waals surface area (Å²) in [6.45, 7) is 3.20. The van der Waals surface area contributed by atoms with Crippen LogP contribution >= 0.6 is 0 Å². The second-order valence-electron chi connectivity index (χ2n) is 5.26. The first-order valence-electron chi connectivity index (χ1n) is 7.91. The zero-order valence-corrected chi connectivity index (χ0v) is 13.5. The van der Waals surface area contributed by atoms with E-state index in [9.17, 15) is 4.39 Å². The van der Waals surface area contributed by atoms with E-state index in [1.165, 1.54) is 6.07 Å². The largest absolute Gasteiger partial charge is 0.350 e. The highest BCUT2D eigenvalue weighted by molar-refractivity contribution is 5.60. The maximum atomic E-state index is 13.7. The van der Waals surface area contributed by atoms with E-state index in [0.29, 0.717) is 18.1 Å². The van der Waals surface area contributed by atoms with Gasteiger partial charge in [-0.15, -0.1) is 0 Å². The number of nitrogens with one attached hydrogen (secondary N) is 1. The van der Waals surface area contributed by atoms with Crippen LogP contribution < -0.4 is 10.2 Å². The summed E-state index contributed by atoms with van der Waals surface area (Å²) < 4.78 is 13.7. The van der Waals surface area contributed by atoms with Crippen LogP contribution in [-0.2, 0) is 6.54 Å². The van der Waals surface area contributed by atoms with Crippen molar-refractivity contribution in [3.8, 4) is 0 Å². The summed E-state index contributed by atoms with van der Waals surface area (Å²) in [5, 5.41) is 3.08. The molecule has 0 radical (unpaired) electrons. The number of para-hydroxylation sites is 1. The van der Waals surface area contributed by atoms with Crippen molar-refractivity contribution < 1.29 is 4.39 Å². The van der Waals surface area contributed by atoms with Gasteiger partial charge < -0.3 is 10.2 Å². The Morgan fingerprint density at radius 2 is 1.75 bits per heavy atom. The molecule has 0 spiro atoms. The highest BCUT2D eigenvalue weighted by Gasteiger charge is 2.09. The van der Waals surface area contributed by atoms with Gasteiger partial charge in [0.1, 0.15) is 11.6 Å². The molecule has 3 aromatic rings. The third kappa shape index (κ3) is 3.68. The van der Waals surface area contributed by atoms with Crippen molar-refractivity contribution in [2.24, 2.45) is 0 Å². The Morgan fingerprint density at radius 1 is 1.00 bits per heavy atom. The lowest BCUT2D eigenvalue weighted by molar-refractivity contribution is 0.612. The maximum absolute atomic E-state index is 13.7. The molecule has 4 nitrogen and oxygen atoms in total. The van der Waals surface area contributed by atoms with Crippen LogP contribution in [0.2, 0.25) is 0 Å². The van der Waals surface area contributed by atoms with Crippen molar-refractivity contribution in [3.63, 3.8) is 0 Å². The van der Waals surface area contributed by atoms with Gasteiger partial charge in [-0.3, -0.25) is 0 Å². The van der Waals surface area contributed by atoms with Crippen molar-refractivity contribution in [2.45, 2.75) is 13.5 Å². The highest BCUT2D eigenvalue weighted by Crippen LogP contribution is 2.23. The van der Waals surface area contributed by atoms with E-state index >= 15 is 0 Å². The van der Waals surface area contributed by atoms with Crippen LogP contribution in [0.15, 0.2) is 66.9 Å². The fourth-order valence-corrected chi connectivity index (χ4v) is 2.49. The van der Waals surface area contributed by atoms with Gasteiger partial charge in [-0.05, 0) is 31.2 Å². The molecule has 3 rings (SSSR count). The van der Waals surface area contributed by atoms with Crippen LogP contribution in [0.3, 0.4) is 0 Å². The second-order valence-corrected chi connectivity index (χ2v) is 5.26. The van der Waals surface area contributed by atoms with Gasteiger partial charge in [0.15, 0.2) is 0 Å². The number of hydrogen-bond donors (Lipinski definition) is 1. The summed E-state index contributed by atoms with van der Waals surface area (Å²) in [6, 6.07) is 18.6. The number of nitrogens with zero attached hydrogens (tertiary/aromatic N) is 3. The minimum absolute atomic E-state index is 0.236. The topological polar surface area (TPSA) is 41.1 Å². The summed E-state index contributed by atoms with van der Waals surface area (Å²) in [5.74, 6) is 1.04. The van der Waals surface area contributed by atoms with Gasteiger partial charge in [0.2, 0.25) is 5.95 Å². The summed E-state index contributed by atoms with van der Waals surface area (Å²) in [5.41, 5.74) is 1.65. The van der Waals surface area contributed by atoms with E-state index in [-0.39, 0.29) is 5.82 Å². The number of rotatable bonds is 6. The summed E-state index contributed by atoms with van der Waals surface area (Å²) in [4.78, 5) is 10.9. The van der Waals surface area contributed by atoms with Gasteiger partial charge in [0.25, 0.3) is 0 Å². The minimum atomic E-state index is -0.236. The van der Waals surface area contributed by atoms with Crippen molar-refractivity contribution >= 4 is 17.5 Å². The zero-order chi connectivity index (χ0) is 16.8. The van der Waals surface area contributed by atoms with Crippen LogP contribution in [0.4, 0.5) is 21.8 Å². The zero-order valence-electron chi connectivity index (χ0n) is 13.5. The van der Waals surface area contributed by atoms with Crippen LogP contribution in [-0.4, -0.2) is 16.5 Å². The quantitative estimate of drug-likeness (QED) is 0.731. The molecule has 0 saturated carbocycles.